The van der Waals surface area contributed by atoms with E-state index in [0.29, 0.717) is 23.6 Å². The predicted molar refractivity (Wildman–Crippen MR) is 99.8 cm³/mol. The second-order valence-corrected chi connectivity index (χ2v) is 6.18. The molecule has 1 amide bonds. The van der Waals surface area contributed by atoms with Crippen LogP contribution < -0.4 is 4.74 Å². The number of benzene rings is 1. The van der Waals surface area contributed by atoms with E-state index in [1.807, 2.05) is 13.1 Å². The Morgan fingerprint density at radius 1 is 1.14 bits per heavy atom. The third-order valence-corrected chi connectivity index (χ3v) is 4.20. The normalized spacial score (nSPS) is 10.5. The summed E-state index contributed by atoms with van der Waals surface area (Å²) in [5.41, 5.74) is 1.36. The highest BCUT2D eigenvalue weighted by molar-refractivity contribution is 5.91. The number of hydrogen-bond donors (Lipinski definition) is 0. The van der Waals surface area contributed by atoms with E-state index < -0.39 is 5.97 Å². The van der Waals surface area contributed by atoms with Crippen molar-refractivity contribution in [2.45, 2.75) is 13.2 Å². The number of aromatic nitrogens is 2. The van der Waals surface area contributed by atoms with E-state index in [0.717, 1.165) is 5.69 Å². The van der Waals surface area contributed by atoms with Crippen LogP contribution in [0.15, 0.2) is 53.1 Å². The topological polar surface area (TPSA) is 86.8 Å². The van der Waals surface area contributed by atoms with E-state index >= 15 is 0 Å². The quantitative estimate of drug-likeness (QED) is 0.583. The molecule has 0 saturated carbocycles. The van der Waals surface area contributed by atoms with Gasteiger partial charge in [-0.2, -0.15) is 5.10 Å². The summed E-state index contributed by atoms with van der Waals surface area (Å²) in [6.45, 7) is 0.588. The number of nitrogens with zero attached hydrogens (tertiary/aromatic N) is 3. The number of hydrogen-bond acceptors (Lipinski definition) is 6. The Morgan fingerprint density at radius 2 is 1.89 bits per heavy atom. The summed E-state index contributed by atoms with van der Waals surface area (Å²) >= 11 is 0. The van der Waals surface area contributed by atoms with Crippen molar-refractivity contribution < 1.29 is 23.5 Å². The van der Waals surface area contributed by atoms with Crippen molar-refractivity contribution in [2.75, 3.05) is 14.2 Å². The zero-order valence-corrected chi connectivity index (χ0v) is 15.9. The first-order chi connectivity index (χ1) is 13.5. The summed E-state index contributed by atoms with van der Waals surface area (Å²) in [7, 11) is 4.86. The lowest BCUT2D eigenvalue weighted by Crippen LogP contribution is -2.26. The van der Waals surface area contributed by atoms with Gasteiger partial charge in [0, 0.05) is 20.3 Å². The third kappa shape index (κ3) is 4.40. The molecule has 0 atom stereocenters. The number of carbonyl (C=O) groups is 2. The van der Waals surface area contributed by atoms with Crippen LogP contribution in [0.2, 0.25) is 0 Å². The van der Waals surface area contributed by atoms with Gasteiger partial charge in [-0.1, -0.05) is 0 Å². The Morgan fingerprint density at radius 3 is 2.54 bits per heavy atom. The molecule has 0 radical (unpaired) electrons. The summed E-state index contributed by atoms with van der Waals surface area (Å²) < 4.78 is 17.6. The van der Waals surface area contributed by atoms with Crippen LogP contribution in [0.4, 0.5) is 0 Å². The molecule has 8 nitrogen and oxygen atoms in total. The summed E-state index contributed by atoms with van der Waals surface area (Å²) in [6, 6.07) is 11.8. The standard InChI is InChI=1S/C20H21N3O5/c1-22(12-15-10-11-21-23(15)2)19(24)18-9-8-17(28-18)13-27-16-6-4-14(5-7-16)20(25)26-3/h4-11H,12-13H2,1-3H3. The largest absolute Gasteiger partial charge is 0.486 e. The van der Waals surface area contributed by atoms with E-state index in [9.17, 15) is 9.59 Å². The molecule has 0 saturated heterocycles. The number of methoxy groups -OCH3 is 1. The highest BCUT2D eigenvalue weighted by atomic mass is 16.5. The molecule has 0 N–H and O–H groups in total. The Hall–Kier alpha value is -3.55. The summed E-state index contributed by atoms with van der Waals surface area (Å²) in [6.07, 6.45) is 1.69. The van der Waals surface area contributed by atoms with Crippen LogP contribution in [-0.2, 0) is 24.9 Å². The Labute approximate surface area is 162 Å². The first-order valence-corrected chi connectivity index (χ1v) is 8.60. The molecule has 146 valence electrons. The number of carbonyl (C=O) groups excluding carboxylic acids is 2. The average molecular weight is 383 g/mol. The molecule has 0 aliphatic rings. The SMILES string of the molecule is COC(=O)c1ccc(OCc2ccc(C(=O)N(C)Cc3ccnn3C)o2)cc1. The fourth-order valence-electron chi connectivity index (χ4n) is 2.59. The van der Waals surface area contributed by atoms with Crippen molar-refractivity contribution in [1.29, 1.82) is 0 Å². The molecule has 2 aromatic heterocycles. The Bertz CT molecular complexity index is 958. The summed E-state index contributed by atoms with van der Waals surface area (Å²) in [5, 5.41) is 4.09. The molecule has 2 heterocycles. The van der Waals surface area contributed by atoms with E-state index in [2.05, 4.69) is 9.84 Å². The van der Waals surface area contributed by atoms with Crippen LogP contribution in [0, 0.1) is 0 Å². The maximum Gasteiger partial charge on any atom is 0.337 e. The lowest BCUT2D eigenvalue weighted by molar-refractivity contribution is 0.0600. The van der Waals surface area contributed by atoms with Crippen LogP contribution in [-0.4, -0.2) is 40.7 Å². The molecule has 3 aromatic rings. The van der Waals surface area contributed by atoms with Gasteiger partial charge in [0.2, 0.25) is 0 Å². The summed E-state index contributed by atoms with van der Waals surface area (Å²) in [5.74, 6) is 0.703. The van der Waals surface area contributed by atoms with Crippen LogP contribution in [0.5, 0.6) is 5.75 Å². The van der Waals surface area contributed by atoms with Gasteiger partial charge in [-0.05, 0) is 42.5 Å². The lowest BCUT2D eigenvalue weighted by Gasteiger charge is -2.15. The molecule has 0 fully saturated rings. The van der Waals surface area contributed by atoms with Gasteiger partial charge in [-0.15, -0.1) is 0 Å². The van der Waals surface area contributed by atoms with Crippen molar-refractivity contribution in [3.63, 3.8) is 0 Å². The van der Waals surface area contributed by atoms with Gasteiger partial charge in [-0.25, -0.2) is 4.79 Å². The van der Waals surface area contributed by atoms with Crippen LogP contribution in [0.3, 0.4) is 0 Å². The monoisotopic (exact) mass is 383 g/mol. The smallest absolute Gasteiger partial charge is 0.337 e. The minimum absolute atomic E-state index is 0.163. The van der Waals surface area contributed by atoms with Gasteiger partial charge in [0.25, 0.3) is 5.91 Å². The number of rotatable bonds is 7. The zero-order chi connectivity index (χ0) is 20.1. The maximum absolute atomic E-state index is 12.5. The van der Waals surface area contributed by atoms with Crippen molar-refractivity contribution in [3.8, 4) is 5.75 Å². The molecule has 28 heavy (non-hydrogen) atoms. The predicted octanol–water partition coefficient (Wildman–Crippen LogP) is 2.65. The van der Waals surface area contributed by atoms with Crippen LogP contribution in [0.1, 0.15) is 32.4 Å². The van der Waals surface area contributed by atoms with Crippen molar-refractivity contribution in [1.82, 2.24) is 14.7 Å². The first kappa shape index (κ1) is 19.2. The molecule has 0 aliphatic carbocycles. The van der Waals surface area contributed by atoms with Gasteiger partial charge in [-0.3, -0.25) is 9.48 Å². The van der Waals surface area contributed by atoms with Gasteiger partial charge < -0.3 is 18.8 Å². The van der Waals surface area contributed by atoms with Crippen molar-refractivity contribution >= 4 is 11.9 Å². The van der Waals surface area contributed by atoms with Gasteiger partial charge >= 0.3 is 5.97 Å². The van der Waals surface area contributed by atoms with Crippen LogP contribution in [0.25, 0.3) is 0 Å². The third-order valence-electron chi connectivity index (χ3n) is 4.20. The molecule has 8 heteroatoms. The van der Waals surface area contributed by atoms with E-state index in [1.165, 1.54) is 7.11 Å². The molecular weight excluding hydrogens is 362 g/mol. The highest BCUT2D eigenvalue weighted by Gasteiger charge is 2.17. The first-order valence-electron chi connectivity index (χ1n) is 8.60. The van der Waals surface area contributed by atoms with Crippen molar-refractivity contribution in [2.24, 2.45) is 7.05 Å². The number of ether oxygens (including phenoxy) is 2. The second kappa shape index (κ2) is 8.43. The Balaban J connectivity index is 1.57. The molecule has 0 bridgehead atoms. The van der Waals surface area contributed by atoms with E-state index in [1.54, 1.807) is 59.2 Å². The van der Waals surface area contributed by atoms with Gasteiger partial charge in [0.05, 0.1) is 24.9 Å². The number of amides is 1. The average Bonchev–Trinajstić information content (AvgIpc) is 3.35. The second-order valence-electron chi connectivity index (χ2n) is 6.18. The maximum atomic E-state index is 12.5. The fraction of sp³-hybridized carbons (Fsp3) is 0.250. The lowest BCUT2D eigenvalue weighted by atomic mass is 10.2. The molecule has 3 rings (SSSR count). The fourth-order valence-corrected chi connectivity index (χ4v) is 2.59. The zero-order valence-electron chi connectivity index (χ0n) is 15.9. The molecule has 0 unspecified atom stereocenters. The van der Waals surface area contributed by atoms with E-state index in [-0.39, 0.29) is 18.3 Å². The molecule has 0 spiro atoms. The number of esters is 1. The number of aryl methyl sites for hydroxylation is 1. The van der Waals surface area contributed by atoms with Crippen molar-refractivity contribution in [3.05, 3.63) is 71.4 Å². The number of furan rings is 1. The molecular formula is C20H21N3O5. The van der Waals surface area contributed by atoms with Gasteiger partial charge in [0.15, 0.2) is 5.76 Å². The highest BCUT2D eigenvalue weighted by Crippen LogP contribution is 2.17. The van der Waals surface area contributed by atoms with Gasteiger partial charge in [0.1, 0.15) is 18.1 Å². The summed E-state index contributed by atoms with van der Waals surface area (Å²) in [4.78, 5) is 25.5. The van der Waals surface area contributed by atoms with E-state index in [4.69, 9.17) is 9.15 Å². The minimum atomic E-state index is -0.406. The molecule has 0 aliphatic heterocycles. The Kier molecular flexibility index (Phi) is 5.78. The van der Waals surface area contributed by atoms with Crippen LogP contribution >= 0.6 is 0 Å². The molecule has 1 aromatic carbocycles. The minimum Gasteiger partial charge on any atom is -0.486 e.